The van der Waals surface area contributed by atoms with Crippen molar-refractivity contribution in [1.29, 1.82) is 0 Å². The molecule has 1 spiro atoms. The molecule has 7 rings (SSSR count). The Hall–Kier alpha value is -4.77. The fourth-order valence-electron chi connectivity index (χ4n) is 6.84. The highest BCUT2D eigenvalue weighted by Crippen LogP contribution is 2.62. The summed E-state index contributed by atoms with van der Waals surface area (Å²) in [7, 11) is 0. The van der Waals surface area contributed by atoms with Gasteiger partial charge >= 0.3 is 0 Å². The molecule has 0 saturated carbocycles. The van der Waals surface area contributed by atoms with Crippen LogP contribution in [0.2, 0.25) is 0 Å². The van der Waals surface area contributed by atoms with Crippen molar-refractivity contribution in [2.45, 2.75) is 24.4 Å². The number of fused-ring (bicyclic) bond motifs is 6. The molecule has 0 aromatic heterocycles. The Kier molecular flexibility index (Phi) is 5.17. The van der Waals surface area contributed by atoms with E-state index in [9.17, 15) is 14.4 Å². The Bertz CT molecular complexity index is 1670. The Morgan fingerprint density at radius 1 is 0.769 bits per heavy atom. The summed E-state index contributed by atoms with van der Waals surface area (Å²) < 4.78 is 0. The van der Waals surface area contributed by atoms with Crippen molar-refractivity contribution < 1.29 is 14.4 Å². The van der Waals surface area contributed by atoms with E-state index in [-0.39, 0.29) is 17.5 Å². The molecule has 0 bridgehead atoms. The lowest BCUT2D eigenvalue weighted by Gasteiger charge is -2.38. The van der Waals surface area contributed by atoms with Gasteiger partial charge in [0.2, 0.25) is 5.91 Å². The number of anilines is 1. The number of hydrogen-bond acceptors (Lipinski definition) is 4. The summed E-state index contributed by atoms with van der Waals surface area (Å²) in [4.78, 5) is 45.5. The molecule has 4 atom stereocenters. The SMILES string of the molecule is Cc1ccc(C(=O)[C@@H]2[C@H](C(=O)c3ccccc3)N3C=Cc4ccccc4[C@@H]3[C@]23C(=O)Nc2ccccc23)cc1. The number of amides is 1. The minimum atomic E-state index is -1.31. The summed E-state index contributed by atoms with van der Waals surface area (Å²) in [5, 5.41) is 3.09. The molecule has 4 aromatic rings. The fraction of sp³-hybridized carbons (Fsp3) is 0.147. The maximum absolute atomic E-state index is 14.7. The van der Waals surface area contributed by atoms with Crippen LogP contribution in [-0.4, -0.2) is 28.4 Å². The predicted molar refractivity (Wildman–Crippen MR) is 150 cm³/mol. The summed E-state index contributed by atoms with van der Waals surface area (Å²) in [6.45, 7) is 1.97. The predicted octanol–water partition coefficient (Wildman–Crippen LogP) is 5.98. The molecule has 39 heavy (non-hydrogen) atoms. The molecule has 1 amide bonds. The largest absolute Gasteiger partial charge is 0.358 e. The average molecular weight is 511 g/mol. The van der Waals surface area contributed by atoms with Crippen LogP contribution >= 0.6 is 0 Å². The van der Waals surface area contributed by atoms with Crippen molar-refractivity contribution in [2.24, 2.45) is 5.92 Å². The lowest BCUT2D eigenvalue weighted by atomic mass is 9.62. The summed E-state index contributed by atoms with van der Waals surface area (Å²) in [5.41, 5.74) is 4.07. The highest BCUT2D eigenvalue weighted by atomic mass is 16.2. The molecular formula is C34H26N2O3. The van der Waals surface area contributed by atoms with Crippen molar-refractivity contribution in [2.75, 3.05) is 5.32 Å². The maximum atomic E-state index is 14.7. The standard InChI is InChI=1S/C34H26N2O3/c1-21-15-17-24(18-16-21)30(37)28-29(31(38)23-10-3-2-4-11-23)36-20-19-22-9-5-6-12-25(22)32(36)34(28)26-13-7-8-14-27(26)35-33(34)39/h2-20,28-29,32H,1H3,(H,35,39)/t28-,29+,32+,34+/m0/s1. The Morgan fingerprint density at radius 2 is 1.44 bits per heavy atom. The van der Waals surface area contributed by atoms with Crippen molar-refractivity contribution in [3.63, 3.8) is 0 Å². The van der Waals surface area contributed by atoms with E-state index in [1.165, 1.54) is 0 Å². The van der Waals surface area contributed by atoms with Crippen LogP contribution in [-0.2, 0) is 10.2 Å². The molecule has 0 unspecified atom stereocenters. The lowest BCUT2D eigenvalue weighted by molar-refractivity contribution is -0.122. The minimum Gasteiger partial charge on any atom is -0.358 e. The monoisotopic (exact) mass is 510 g/mol. The van der Waals surface area contributed by atoms with Gasteiger partial charge in [-0.3, -0.25) is 14.4 Å². The molecule has 5 nitrogen and oxygen atoms in total. The first kappa shape index (κ1) is 23.4. The van der Waals surface area contributed by atoms with Crippen molar-refractivity contribution in [1.82, 2.24) is 4.90 Å². The molecule has 1 N–H and O–H groups in total. The molecule has 3 aliphatic heterocycles. The molecule has 4 aromatic carbocycles. The normalized spacial score (nSPS) is 24.2. The number of ketones is 2. The molecule has 1 fully saturated rings. The molecule has 0 radical (unpaired) electrons. The number of benzene rings is 4. The number of para-hydroxylation sites is 1. The second-order valence-electron chi connectivity index (χ2n) is 10.5. The summed E-state index contributed by atoms with van der Waals surface area (Å²) in [5.74, 6) is -1.60. The van der Waals surface area contributed by atoms with Gasteiger partial charge in [-0.15, -0.1) is 0 Å². The molecule has 1 saturated heterocycles. The molecule has 190 valence electrons. The van der Waals surface area contributed by atoms with E-state index in [1.54, 1.807) is 24.3 Å². The number of hydrogen-bond donors (Lipinski definition) is 1. The van der Waals surface area contributed by atoms with E-state index >= 15 is 0 Å². The number of nitrogens with zero attached hydrogens (tertiary/aromatic N) is 1. The van der Waals surface area contributed by atoms with Crippen LogP contribution < -0.4 is 5.32 Å². The first-order chi connectivity index (χ1) is 19.0. The van der Waals surface area contributed by atoms with Crippen LogP contribution in [0, 0.1) is 12.8 Å². The first-order valence-corrected chi connectivity index (χ1v) is 13.2. The second kappa shape index (κ2) is 8.63. The van der Waals surface area contributed by atoms with E-state index in [0.29, 0.717) is 16.8 Å². The topological polar surface area (TPSA) is 66.5 Å². The molecule has 0 aliphatic carbocycles. The zero-order chi connectivity index (χ0) is 26.7. The highest BCUT2D eigenvalue weighted by Gasteiger charge is 2.70. The summed E-state index contributed by atoms with van der Waals surface area (Å²) >= 11 is 0. The first-order valence-electron chi connectivity index (χ1n) is 13.2. The number of carbonyl (C=O) groups excluding carboxylic acids is 3. The van der Waals surface area contributed by atoms with Crippen molar-refractivity contribution >= 4 is 29.2 Å². The van der Waals surface area contributed by atoms with Crippen LogP contribution in [0.15, 0.2) is 109 Å². The van der Waals surface area contributed by atoms with Crippen LogP contribution in [0.3, 0.4) is 0 Å². The molecular weight excluding hydrogens is 484 g/mol. The molecule has 3 aliphatic rings. The van der Waals surface area contributed by atoms with Gasteiger partial charge in [-0.1, -0.05) is 103 Å². The van der Waals surface area contributed by atoms with E-state index in [2.05, 4.69) is 5.32 Å². The smallest absolute Gasteiger partial charge is 0.238 e. The molecule has 3 heterocycles. The van der Waals surface area contributed by atoms with E-state index in [4.69, 9.17) is 0 Å². The van der Waals surface area contributed by atoms with Gasteiger partial charge < -0.3 is 10.2 Å². The third-order valence-corrected chi connectivity index (χ3v) is 8.52. The quantitative estimate of drug-likeness (QED) is 0.343. The third kappa shape index (κ3) is 3.23. The summed E-state index contributed by atoms with van der Waals surface area (Å²) in [6.07, 6.45) is 3.87. The number of rotatable bonds is 4. The maximum Gasteiger partial charge on any atom is 0.238 e. The van der Waals surface area contributed by atoms with E-state index in [0.717, 1.165) is 22.3 Å². The summed E-state index contributed by atoms with van der Waals surface area (Å²) in [6, 6.07) is 30.6. The highest BCUT2D eigenvalue weighted by molar-refractivity contribution is 6.16. The Balaban J connectivity index is 1.54. The second-order valence-corrected chi connectivity index (χ2v) is 10.5. The van der Waals surface area contributed by atoms with Crippen molar-refractivity contribution in [3.8, 4) is 0 Å². The van der Waals surface area contributed by atoms with Gasteiger partial charge in [-0.05, 0) is 35.8 Å². The zero-order valence-corrected chi connectivity index (χ0v) is 21.4. The Morgan fingerprint density at radius 3 is 2.23 bits per heavy atom. The van der Waals surface area contributed by atoms with Crippen LogP contribution in [0.5, 0.6) is 0 Å². The fourth-order valence-corrected chi connectivity index (χ4v) is 6.84. The number of carbonyl (C=O) groups is 3. The van der Waals surface area contributed by atoms with E-state index < -0.39 is 23.4 Å². The van der Waals surface area contributed by atoms with E-state index in [1.807, 2.05) is 103 Å². The van der Waals surface area contributed by atoms with Crippen LogP contribution in [0.4, 0.5) is 5.69 Å². The zero-order valence-electron chi connectivity index (χ0n) is 21.4. The molecule has 5 heteroatoms. The van der Waals surface area contributed by atoms with Crippen LogP contribution in [0.25, 0.3) is 6.08 Å². The number of aryl methyl sites for hydroxylation is 1. The third-order valence-electron chi connectivity index (χ3n) is 8.52. The van der Waals surface area contributed by atoms with Gasteiger partial charge in [-0.2, -0.15) is 0 Å². The van der Waals surface area contributed by atoms with Gasteiger partial charge in [0.25, 0.3) is 0 Å². The van der Waals surface area contributed by atoms with Gasteiger partial charge in [-0.25, -0.2) is 0 Å². The average Bonchev–Trinajstić information content (AvgIpc) is 3.45. The van der Waals surface area contributed by atoms with Crippen LogP contribution in [0.1, 0.15) is 49.0 Å². The van der Waals surface area contributed by atoms with Crippen molar-refractivity contribution in [3.05, 3.63) is 143 Å². The lowest BCUT2D eigenvalue weighted by Crippen LogP contribution is -2.49. The van der Waals surface area contributed by atoms with Gasteiger partial charge in [0.05, 0.1) is 12.0 Å². The number of nitrogens with one attached hydrogen (secondary N) is 1. The minimum absolute atomic E-state index is 0.177. The number of Topliss-reactive ketones (excluding diaryl/α,β-unsaturated/α-hetero) is 2. The van der Waals surface area contributed by atoms with Gasteiger partial charge in [0.15, 0.2) is 11.6 Å². The van der Waals surface area contributed by atoms with Gasteiger partial charge in [0.1, 0.15) is 11.5 Å². The van der Waals surface area contributed by atoms with Gasteiger partial charge in [0, 0.05) is 23.0 Å². The Labute approximate surface area is 226 Å².